The zero-order valence-electron chi connectivity index (χ0n) is 46.8. The molecule has 2 atom stereocenters. The van der Waals surface area contributed by atoms with Crippen molar-refractivity contribution in [2.24, 2.45) is 5.41 Å². The first-order chi connectivity index (χ1) is 38.9. The summed E-state index contributed by atoms with van der Waals surface area (Å²) in [5.74, 6) is -0.699. The van der Waals surface area contributed by atoms with Crippen molar-refractivity contribution < 1.29 is 44.3 Å². The number of anilines is 2. The number of aromatic nitrogens is 1. The molecule has 0 bridgehead atoms. The largest absolute Gasteiger partial charge is 0.501 e. The van der Waals surface area contributed by atoms with Crippen LogP contribution in [0.5, 0.6) is 0 Å². The number of sulfonamides is 1. The summed E-state index contributed by atoms with van der Waals surface area (Å²) in [4.78, 5) is 40.8. The molecule has 0 saturated carbocycles. The Balaban J connectivity index is 0.834. The molecule has 0 unspecified atom stereocenters. The molecule has 1 aliphatic carbocycles. The number of nitrogens with one attached hydrogen (secondary N) is 2. The van der Waals surface area contributed by atoms with E-state index in [9.17, 15) is 39.6 Å². The monoisotopic (exact) mass is 1200 g/mol. The quantitative estimate of drug-likeness (QED) is 0.0796. The van der Waals surface area contributed by atoms with Gasteiger partial charge in [0, 0.05) is 124 Å². The van der Waals surface area contributed by atoms with Gasteiger partial charge in [-0.2, -0.15) is 13.2 Å². The molecule has 0 radical (unpaired) electrons. The van der Waals surface area contributed by atoms with Crippen molar-refractivity contribution in [1.82, 2.24) is 29.3 Å². The molecule has 15 nitrogen and oxygen atoms in total. The number of pyridine rings is 1. The van der Waals surface area contributed by atoms with Crippen LogP contribution >= 0.6 is 23.4 Å². The Morgan fingerprint density at radius 1 is 0.805 bits per heavy atom. The summed E-state index contributed by atoms with van der Waals surface area (Å²) < 4.78 is 105. The Bertz CT molecular complexity index is 3320. The summed E-state index contributed by atoms with van der Waals surface area (Å²) in [5, 5.41) is 3.72. The molecule has 2 fully saturated rings. The Labute approximate surface area is 489 Å². The van der Waals surface area contributed by atoms with E-state index in [1.165, 1.54) is 40.6 Å². The molecule has 5 aromatic rings. The summed E-state index contributed by atoms with van der Waals surface area (Å²) in [6.45, 7) is 17.3. The number of hydrogen-bond acceptors (Lipinski definition) is 14. The molecule has 2 saturated heterocycles. The lowest BCUT2D eigenvalue weighted by atomic mass is 9.71. The fourth-order valence-corrected chi connectivity index (χ4v) is 14.4. The molecule has 2 amide bonds. The lowest BCUT2D eigenvalue weighted by molar-refractivity contribution is -0.0436. The fourth-order valence-electron chi connectivity index (χ4n) is 11.3. The normalized spacial score (nSPS) is 19.4. The van der Waals surface area contributed by atoms with Crippen LogP contribution in [-0.4, -0.2) is 155 Å². The second kappa shape index (κ2) is 25.7. The number of amides is 2. The number of hydrogen-bond donors (Lipinski definition) is 2. The van der Waals surface area contributed by atoms with Crippen molar-refractivity contribution in [3.8, 4) is 0 Å². The Morgan fingerprint density at radius 2 is 1.50 bits per heavy atom. The maximum atomic E-state index is 14.4. The van der Waals surface area contributed by atoms with Crippen LogP contribution in [0.1, 0.15) is 80.6 Å². The van der Waals surface area contributed by atoms with Crippen LogP contribution in [0.15, 0.2) is 136 Å². The van der Waals surface area contributed by atoms with Crippen LogP contribution in [0.25, 0.3) is 5.57 Å². The minimum absolute atomic E-state index is 0.0222. The van der Waals surface area contributed by atoms with Crippen molar-refractivity contribution in [2.45, 2.75) is 98.2 Å². The van der Waals surface area contributed by atoms with Crippen LogP contribution in [0.3, 0.4) is 0 Å². The standard InChI is InChI=1S/C60H72ClF3N8O7S3/c1-58(2,3)79-57(74)72-35-31-70(32-36-72)42-59(4)25-22-52(43-12-16-47(61)17-13-43)46(38-59)39-69-29-33-71(34-30-69)49-18-14-45(15-19-49)56(73)67-82(77,78)51-20-21-53(55(37-51)81(75,76)60(62,63)64)66-48(41-80-50-10-6-5-7-11-50)24-28-68-27-23-44-9-8-26-65-54(44)40-68/h5-21,26,37,48,66H,22-25,27-36,38-42H2,1-4H3,(H,67,73)/t48-,59-/m1/s1. The molecule has 4 aliphatic rings. The second-order valence-electron chi connectivity index (χ2n) is 23.1. The third-order valence-electron chi connectivity index (χ3n) is 15.6. The topological polar surface area (TPSA) is 165 Å². The van der Waals surface area contributed by atoms with E-state index in [-0.39, 0.29) is 17.1 Å². The average molecular weight is 1210 g/mol. The smallest absolute Gasteiger partial charge is 0.444 e. The molecule has 0 spiro atoms. The van der Waals surface area contributed by atoms with E-state index >= 15 is 0 Å². The van der Waals surface area contributed by atoms with Crippen LogP contribution < -0.4 is 14.9 Å². The van der Waals surface area contributed by atoms with Gasteiger partial charge in [-0.05, 0) is 148 Å². The molecular weight excluding hydrogens is 1130 g/mol. The van der Waals surface area contributed by atoms with Gasteiger partial charge in [0.1, 0.15) is 10.5 Å². The van der Waals surface area contributed by atoms with E-state index in [1.807, 2.05) is 80.1 Å². The number of nitrogens with zero attached hydrogens (tertiary/aromatic N) is 6. The lowest BCUT2D eigenvalue weighted by Gasteiger charge is -2.44. The molecule has 440 valence electrons. The highest BCUT2D eigenvalue weighted by Crippen LogP contribution is 2.44. The van der Waals surface area contributed by atoms with Crippen LogP contribution in [-0.2, 0) is 37.6 Å². The number of fused-ring (bicyclic) bond motifs is 1. The number of thioether (sulfide) groups is 1. The van der Waals surface area contributed by atoms with E-state index in [4.69, 9.17) is 16.3 Å². The van der Waals surface area contributed by atoms with E-state index < -0.39 is 58.4 Å². The molecule has 4 heterocycles. The summed E-state index contributed by atoms with van der Waals surface area (Å²) in [6, 6.07) is 29.7. The van der Waals surface area contributed by atoms with E-state index in [1.54, 1.807) is 23.2 Å². The SMILES string of the molecule is CC(C)(C)OC(=O)N1CCN(C[C@]2(C)CCC(c3ccc(Cl)cc3)=C(CN3CCN(c4ccc(C(=O)NS(=O)(=O)c5ccc(N[C@H](CCN6CCc7cccnc7C6)CSc6ccccc6)c(S(=O)(=O)C(F)(F)F)c5)cc4)CC3)C2)CC1. The number of halogens is 4. The van der Waals surface area contributed by atoms with Gasteiger partial charge in [0.2, 0.25) is 0 Å². The van der Waals surface area contributed by atoms with Gasteiger partial charge in [-0.3, -0.25) is 24.5 Å². The van der Waals surface area contributed by atoms with Gasteiger partial charge in [0.05, 0.1) is 16.3 Å². The number of alkyl halides is 3. The van der Waals surface area contributed by atoms with Crippen molar-refractivity contribution in [2.75, 3.05) is 94.5 Å². The third kappa shape index (κ3) is 15.5. The number of benzene rings is 4. The zero-order chi connectivity index (χ0) is 58.5. The van der Waals surface area contributed by atoms with Gasteiger partial charge in [-0.1, -0.05) is 60.5 Å². The second-order valence-corrected chi connectivity index (χ2v) is 28.2. The predicted molar refractivity (Wildman–Crippen MR) is 316 cm³/mol. The van der Waals surface area contributed by atoms with E-state index in [0.717, 1.165) is 105 Å². The Morgan fingerprint density at radius 3 is 2.18 bits per heavy atom. The Hall–Kier alpha value is -5.68. The highest BCUT2D eigenvalue weighted by atomic mass is 35.5. The van der Waals surface area contributed by atoms with Crippen LogP contribution in [0.2, 0.25) is 5.02 Å². The molecule has 82 heavy (non-hydrogen) atoms. The van der Waals surface area contributed by atoms with Crippen LogP contribution in [0.4, 0.5) is 29.3 Å². The first kappa shape index (κ1) is 60.9. The third-order valence-corrected chi connectivity index (χ3v) is 19.9. The van der Waals surface area contributed by atoms with Crippen molar-refractivity contribution in [3.05, 3.63) is 148 Å². The molecule has 4 aromatic carbocycles. The average Bonchev–Trinajstić information content (AvgIpc) is 2.94. The molecule has 1 aromatic heterocycles. The van der Waals surface area contributed by atoms with Crippen molar-refractivity contribution in [3.63, 3.8) is 0 Å². The highest BCUT2D eigenvalue weighted by Gasteiger charge is 2.49. The van der Waals surface area contributed by atoms with Gasteiger partial charge in [0.15, 0.2) is 0 Å². The van der Waals surface area contributed by atoms with E-state index in [2.05, 4.69) is 49.0 Å². The highest BCUT2D eigenvalue weighted by molar-refractivity contribution is 7.99. The number of carbonyl (C=O) groups is 2. The van der Waals surface area contributed by atoms with Gasteiger partial charge in [-0.25, -0.2) is 26.4 Å². The minimum Gasteiger partial charge on any atom is -0.444 e. The maximum Gasteiger partial charge on any atom is 0.501 e. The molecule has 9 rings (SSSR count). The lowest BCUT2D eigenvalue weighted by Crippen LogP contribution is -2.52. The fraction of sp³-hybridized carbons (Fsp3) is 0.450. The zero-order valence-corrected chi connectivity index (χ0v) is 50.0. The number of ether oxygens (including phenoxy) is 1. The Kier molecular flexibility index (Phi) is 19.1. The van der Waals surface area contributed by atoms with Crippen molar-refractivity contribution in [1.29, 1.82) is 0 Å². The first-order valence-corrected chi connectivity index (χ1v) is 32.1. The van der Waals surface area contributed by atoms with E-state index in [0.29, 0.717) is 62.5 Å². The van der Waals surface area contributed by atoms with Crippen LogP contribution in [0, 0.1) is 5.41 Å². The molecular formula is C60H72ClF3N8O7S3. The maximum absolute atomic E-state index is 14.4. The van der Waals surface area contributed by atoms with Crippen molar-refractivity contribution >= 4 is 72.2 Å². The molecule has 2 N–H and O–H groups in total. The number of sulfone groups is 1. The summed E-state index contributed by atoms with van der Waals surface area (Å²) >= 11 is 7.77. The number of rotatable bonds is 18. The summed E-state index contributed by atoms with van der Waals surface area (Å²) in [7, 11) is -11.0. The number of piperazine rings is 2. The number of carbonyl (C=O) groups excluding carboxylic acids is 2. The predicted octanol–water partition coefficient (Wildman–Crippen LogP) is 10.5. The first-order valence-electron chi connectivity index (χ1n) is 27.8. The number of allylic oxidation sites excluding steroid dienone is 1. The van der Waals surface area contributed by atoms with Gasteiger partial charge < -0.3 is 19.9 Å². The molecule has 22 heteroatoms. The minimum atomic E-state index is -6.10. The van der Waals surface area contributed by atoms with Gasteiger partial charge >= 0.3 is 11.6 Å². The molecule has 3 aliphatic heterocycles. The van der Waals surface area contributed by atoms with Gasteiger partial charge in [-0.15, -0.1) is 11.8 Å². The van der Waals surface area contributed by atoms with Gasteiger partial charge in [0.25, 0.3) is 25.8 Å². The summed E-state index contributed by atoms with van der Waals surface area (Å²) in [6.07, 6.45) is 5.53. The summed E-state index contributed by atoms with van der Waals surface area (Å²) in [5.41, 5.74) is 0.124.